The van der Waals surface area contributed by atoms with Crippen LogP contribution in [0.2, 0.25) is 0 Å². The standard InChI is InChI=1S/C28H31N5O3S/c1-16(2)36-21-7-5-20(6-8-21)27(35)33-11-9-19(10-12-33)26-29-24(15-37-26)25(34)32-28-30-22-13-17(3)18(4)14-23(22)31-28/h5-8,13-16,19H,9-12H2,1-4H3,(H2,30,31,32,34). The van der Waals surface area contributed by atoms with Crippen molar-refractivity contribution >= 4 is 40.1 Å². The summed E-state index contributed by atoms with van der Waals surface area (Å²) in [7, 11) is 0. The second-order valence-corrected chi connectivity index (χ2v) is 10.7. The second-order valence-electron chi connectivity index (χ2n) is 9.82. The van der Waals surface area contributed by atoms with E-state index in [9.17, 15) is 9.59 Å². The summed E-state index contributed by atoms with van der Waals surface area (Å²) in [6.45, 7) is 9.36. The largest absolute Gasteiger partial charge is 0.491 e. The molecule has 1 aliphatic rings. The number of hydrogen-bond donors (Lipinski definition) is 2. The Labute approximate surface area is 220 Å². The molecule has 2 amide bonds. The van der Waals surface area contributed by atoms with Gasteiger partial charge in [-0.2, -0.15) is 0 Å². The molecule has 1 aliphatic heterocycles. The number of piperidine rings is 1. The number of rotatable bonds is 6. The average molecular weight is 518 g/mol. The van der Waals surface area contributed by atoms with Gasteiger partial charge < -0.3 is 14.6 Å². The molecule has 2 aromatic heterocycles. The van der Waals surface area contributed by atoms with E-state index in [0.717, 1.165) is 40.2 Å². The molecule has 3 heterocycles. The van der Waals surface area contributed by atoms with E-state index in [1.54, 1.807) is 5.38 Å². The summed E-state index contributed by atoms with van der Waals surface area (Å²) in [5.41, 5.74) is 5.08. The van der Waals surface area contributed by atoms with Crippen LogP contribution in [0.25, 0.3) is 11.0 Å². The van der Waals surface area contributed by atoms with E-state index in [1.807, 2.05) is 69.0 Å². The molecule has 0 spiro atoms. The zero-order chi connectivity index (χ0) is 26.1. The number of carbonyl (C=O) groups excluding carboxylic acids is 2. The first-order chi connectivity index (χ1) is 17.8. The Balaban J connectivity index is 1.17. The highest BCUT2D eigenvalue weighted by Gasteiger charge is 2.27. The van der Waals surface area contributed by atoms with Gasteiger partial charge in [-0.3, -0.25) is 14.9 Å². The van der Waals surface area contributed by atoms with Gasteiger partial charge in [0.05, 0.1) is 22.1 Å². The first kappa shape index (κ1) is 25.0. The van der Waals surface area contributed by atoms with Crippen LogP contribution >= 0.6 is 11.3 Å². The molecule has 0 saturated carbocycles. The fourth-order valence-corrected chi connectivity index (χ4v) is 5.51. The zero-order valence-electron chi connectivity index (χ0n) is 21.5. The van der Waals surface area contributed by atoms with Gasteiger partial charge in [-0.1, -0.05) is 0 Å². The fourth-order valence-electron chi connectivity index (χ4n) is 4.54. The fraction of sp³-hybridized carbons (Fsp3) is 0.357. The molecule has 8 nitrogen and oxygen atoms in total. The van der Waals surface area contributed by atoms with Crippen molar-refractivity contribution in [3.05, 3.63) is 69.2 Å². The Morgan fingerprint density at radius 2 is 1.78 bits per heavy atom. The van der Waals surface area contributed by atoms with Gasteiger partial charge in [-0.15, -0.1) is 11.3 Å². The van der Waals surface area contributed by atoms with E-state index in [4.69, 9.17) is 4.74 Å². The van der Waals surface area contributed by atoms with Crippen LogP contribution in [-0.4, -0.2) is 50.9 Å². The number of hydrogen-bond acceptors (Lipinski definition) is 6. The van der Waals surface area contributed by atoms with Crippen LogP contribution in [0.15, 0.2) is 41.8 Å². The molecule has 0 unspecified atom stereocenters. The number of aromatic nitrogens is 3. The number of anilines is 1. The number of aryl methyl sites for hydroxylation is 2. The van der Waals surface area contributed by atoms with Crippen molar-refractivity contribution in [2.45, 2.75) is 52.6 Å². The van der Waals surface area contributed by atoms with Crippen molar-refractivity contribution in [3.63, 3.8) is 0 Å². The average Bonchev–Trinajstić information content (AvgIpc) is 3.51. The lowest BCUT2D eigenvalue weighted by Crippen LogP contribution is -2.37. The first-order valence-electron chi connectivity index (χ1n) is 12.6. The predicted octanol–water partition coefficient (Wildman–Crippen LogP) is 5.70. The number of ether oxygens (including phenoxy) is 1. The van der Waals surface area contributed by atoms with Gasteiger partial charge >= 0.3 is 0 Å². The third kappa shape index (κ3) is 5.51. The minimum absolute atomic E-state index is 0.0324. The molecule has 0 aliphatic carbocycles. The van der Waals surface area contributed by atoms with Gasteiger partial charge in [0.2, 0.25) is 5.95 Å². The molecule has 0 radical (unpaired) electrons. The number of imidazole rings is 1. The van der Waals surface area contributed by atoms with E-state index in [0.29, 0.717) is 30.3 Å². The molecular formula is C28H31N5O3S. The maximum absolute atomic E-state index is 13.0. The van der Waals surface area contributed by atoms with Crippen molar-refractivity contribution in [2.75, 3.05) is 18.4 Å². The van der Waals surface area contributed by atoms with Gasteiger partial charge in [0.15, 0.2) is 0 Å². The Morgan fingerprint density at radius 3 is 2.49 bits per heavy atom. The van der Waals surface area contributed by atoms with Crippen LogP contribution in [0, 0.1) is 13.8 Å². The highest BCUT2D eigenvalue weighted by molar-refractivity contribution is 7.10. The van der Waals surface area contributed by atoms with Crippen LogP contribution in [0.5, 0.6) is 5.75 Å². The maximum atomic E-state index is 13.0. The Kier molecular flexibility index (Phi) is 6.97. The molecule has 192 valence electrons. The predicted molar refractivity (Wildman–Crippen MR) is 146 cm³/mol. The Morgan fingerprint density at radius 1 is 1.08 bits per heavy atom. The molecule has 4 aromatic rings. The lowest BCUT2D eigenvalue weighted by atomic mass is 9.97. The number of nitrogens with one attached hydrogen (secondary N) is 2. The summed E-state index contributed by atoms with van der Waals surface area (Å²) in [5.74, 6) is 1.15. The minimum atomic E-state index is -0.285. The molecule has 0 atom stereocenters. The third-order valence-corrected chi connectivity index (χ3v) is 7.70. The number of H-pyrrole nitrogens is 1. The number of fused-ring (bicyclic) bond motifs is 1. The van der Waals surface area contributed by atoms with Crippen molar-refractivity contribution < 1.29 is 14.3 Å². The number of amides is 2. The first-order valence-corrected chi connectivity index (χ1v) is 13.4. The third-order valence-electron chi connectivity index (χ3n) is 6.69. The lowest BCUT2D eigenvalue weighted by molar-refractivity contribution is 0.0713. The van der Waals surface area contributed by atoms with E-state index in [1.165, 1.54) is 16.9 Å². The second kappa shape index (κ2) is 10.3. The van der Waals surface area contributed by atoms with Gasteiger partial charge in [-0.05, 0) is 88.1 Å². The van der Waals surface area contributed by atoms with Crippen molar-refractivity contribution in [2.24, 2.45) is 0 Å². The van der Waals surface area contributed by atoms with Crippen LogP contribution in [0.1, 0.15) is 69.6 Å². The molecule has 0 bridgehead atoms. The number of thiazole rings is 1. The summed E-state index contributed by atoms with van der Waals surface area (Å²) >= 11 is 1.50. The highest BCUT2D eigenvalue weighted by Crippen LogP contribution is 2.31. The SMILES string of the molecule is Cc1cc2nc(NC(=O)c3csc(C4CCN(C(=O)c5ccc(OC(C)C)cc5)CC4)n3)[nH]c2cc1C. The Bertz CT molecular complexity index is 1390. The summed E-state index contributed by atoms with van der Waals surface area (Å²) in [6.07, 6.45) is 1.73. The monoisotopic (exact) mass is 517 g/mol. The quantitative estimate of drug-likeness (QED) is 0.342. The summed E-state index contributed by atoms with van der Waals surface area (Å²) < 4.78 is 5.67. The van der Waals surface area contributed by atoms with Crippen LogP contribution in [0.3, 0.4) is 0 Å². The topological polar surface area (TPSA) is 100 Å². The van der Waals surface area contributed by atoms with Crippen molar-refractivity contribution in [1.29, 1.82) is 0 Å². The minimum Gasteiger partial charge on any atom is -0.491 e. The van der Waals surface area contributed by atoms with E-state index < -0.39 is 0 Å². The van der Waals surface area contributed by atoms with Crippen LogP contribution in [0.4, 0.5) is 5.95 Å². The van der Waals surface area contributed by atoms with Crippen LogP contribution < -0.4 is 10.1 Å². The lowest BCUT2D eigenvalue weighted by Gasteiger charge is -2.31. The number of aromatic amines is 1. The highest BCUT2D eigenvalue weighted by atomic mass is 32.1. The molecule has 37 heavy (non-hydrogen) atoms. The van der Waals surface area contributed by atoms with Gasteiger partial charge in [-0.25, -0.2) is 9.97 Å². The van der Waals surface area contributed by atoms with Crippen molar-refractivity contribution in [1.82, 2.24) is 19.9 Å². The number of nitrogens with zero attached hydrogens (tertiary/aromatic N) is 3. The number of benzene rings is 2. The Hall–Kier alpha value is -3.72. The van der Waals surface area contributed by atoms with E-state index in [2.05, 4.69) is 20.3 Å². The molecule has 1 fully saturated rings. The summed E-state index contributed by atoms with van der Waals surface area (Å²) in [6, 6.07) is 11.4. The van der Waals surface area contributed by atoms with Gasteiger partial charge in [0.25, 0.3) is 11.8 Å². The molecule has 5 rings (SSSR count). The molecular weight excluding hydrogens is 486 g/mol. The van der Waals surface area contributed by atoms with Gasteiger partial charge in [0.1, 0.15) is 11.4 Å². The number of likely N-dealkylation sites (tertiary alicyclic amines) is 1. The van der Waals surface area contributed by atoms with E-state index in [-0.39, 0.29) is 23.8 Å². The van der Waals surface area contributed by atoms with Gasteiger partial charge in [0, 0.05) is 30.0 Å². The normalized spacial score (nSPS) is 14.4. The number of carbonyl (C=O) groups is 2. The molecule has 2 aromatic carbocycles. The van der Waals surface area contributed by atoms with Crippen LogP contribution in [-0.2, 0) is 0 Å². The smallest absolute Gasteiger partial charge is 0.277 e. The summed E-state index contributed by atoms with van der Waals surface area (Å²) in [5, 5.41) is 5.56. The summed E-state index contributed by atoms with van der Waals surface area (Å²) in [4.78, 5) is 39.9. The van der Waals surface area contributed by atoms with E-state index >= 15 is 0 Å². The molecule has 2 N–H and O–H groups in total. The zero-order valence-corrected chi connectivity index (χ0v) is 22.3. The van der Waals surface area contributed by atoms with Crippen molar-refractivity contribution in [3.8, 4) is 5.75 Å². The maximum Gasteiger partial charge on any atom is 0.277 e. The molecule has 1 saturated heterocycles. The molecule has 9 heteroatoms.